The van der Waals surface area contributed by atoms with Crippen LogP contribution >= 0.6 is 0 Å². The molecule has 0 aromatic heterocycles. The van der Waals surface area contributed by atoms with Crippen molar-refractivity contribution in [2.75, 3.05) is 29.4 Å². The lowest BCUT2D eigenvalue weighted by Gasteiger charge is -2.19. The molecular formula is C18H22N2O5S2. The highest BCUT2D eigenvalue weighted by molar-refractivity contribution is 7.92. The molecule has 2 aromatic rings. The van der Waals surface area contributed by atoms with E-state index in [2.05, 4.69) is 5.32 Å². The Bertz CT molecular complexity index is 1000. The lowest BCUT2D eigenvalue weighted by molar-refractivity contribution is 0.0956. The van der Waals surface area contributed by atoms with E-state index in [0.717, 1.165) is 4.31 Å². The standard InChI is InChI=1S/C18H22N2O5S2/c1-3-26(22,23)13-12-19-18(21)15-8-7-11-17(14-15)27(24,25)20(2)16-9-5-4-6-10-16/h4-11,14H,3,12-13H2,1-2H3,(H,19,21). The molecule has 1 N–H and O–H groups in total. The minimum Gasteiger partial charge on any atom is -0.351 e. The van der Waals surface area contributed by atoms with Crippen molar-refractivity contribution in [2.24, 2.45) is 0 Å². The van der Waals surface area contributed by atoms with Gasteiger partial charge in [0.15, 0.2) is 9.84 Å². The SMILES string of the molecule is CCS(=O)(=O)CCNC(=O)c1cccc(S(=O)(=O)N(C)c2ccccc2)c1. The monoisotopic (exact) mass is 410 g/mol. The van der Waals surface area contributed by atoms with Crippen LogP contribution in [0.5, 0.6) is 0 Å². The van der Waals surface area contributed by atoms with Gasteiger partial charge in [-0.25, -0.2) is 16.8 Å². The third-order valence-electron chi connectivity index (χ3n) is 4.01. The van der Waals surface area contributed by atoms with Crippen LogP contribution in [0.15, 0.2) is 59.5 Å². The van der Waals surface area contributed by atoms with Gasteiger partial charge in [-0.3, -0.25) is 9.10 Å². The smallest absolute Gasteiger partial charge is 0.264 e. The van der Waals surface area contributed by atoms with E-state index in [4.69, 9.17) is 0 Å². The number of carbonyl (C=O) groups is 1. The zero-order valence-corrected chi connectivity index (χ0v) is 16.8. The summed E-state index contributed by atoms with van der Waals surface area (Å²) in [7, 11) is -5.59. The van der Waals surface area contributed by atoms with E-state index in [1.54, 1.807) is 30.3 Å². The van der Waals surface area contributed by atoms with Gasteiger partial charge in [0.1, 0.15) is 0 Å². The van der Waals surface area contributed by atoms with Crippen LogP contribution in [0.4, 0.5) is 5.69 Å². The van der Waals surface area contributed by atoms with E-state index in [0.29, 0.717) is 5.69 Å². The lowest BCUT2D eigenvalue weighted by Crippen LogP contribution is -2.30. The van der Waals surface area contributed by atoms with Gasteiger partial charge in [-0.2, -0.15) is 0 Å². The third-order valence-corrected chi connectivity index (χ3v) is 7.50. The van der Waals surface area contributed by atoms with Gasteiger partial charge in [-0.15, -0.1) is 0 Å². The Balaban J connectivity index is 2.18. The van der Waals surface area contributed by atoms with Crippen molar-refractivity contribution in [2.45, 2.75) is 11.8 Å². The molecule has 0 saturated carbocycles. The lowest BCUT2D eigenvalue weighted by atomic mass is 10.2. The van der Waals surface area contributed by atoms with Crippen molar-refractivity contribution in [1.82, 2.24) is 5.32 Å². The molecule has 0 aliphatic carbocycles. The minimum atomic E-state index is -3.84. The van der Waals surface area contributed by atoms with E-state index in [1.807, 2.05) is 0 Å². The molecule has 27 heavy (non-hydrogen) atoms. The van der Waals surface area contributed by atoms with Crippen LogP contribution in [0.2, 0.25) is 0 Å². The van der Waals surface area contributed by atoms with Crippen molar-refractivity contribution in [3.8, 4) is 0 Å². The normalized spacial score (nSPS) is 11.8. The summed E-state index contributed by atoms with van der Waals surface area (Å²) in [6, 6.07) is 14.2. The molecule has 0 radical (unpaired) electrons. The van der Waals surface area contributed by atoms with Gasteiger partial charge in [-0.1, -0.05) is 31.2 Å². The van der Waals surface area contributed by atoms with E-state index >= 15 is 0 Å². The molecule has 0 heterocycles. The summed E-state index contributed by atoms with van der Waals surface area (Å²) in [4.78, 5) is 12.2. The first kappa shape index (κ1) is 20.9. The van der Waals surface area contributed by atoms with E-state index in [9.17, 15) is 21.6 Å². The molecule has 7 nitrogen and oxygen atoms in total. The number of benzene rings is 2. The zero-order chi connectivity index (χ0) is 20.1. The van der Waals surface area contributed by atoms with Gasteiger partial charge >= 0.3 is 0 Å². The van der Waals surface area contributed by atoms with Crippen molar-refractivity contribution in [3.63, 3.8) is 0 Å². The number of sulfonamides is 1. The van der Waals surface area contributed by atoms with Crippen LogP contribution in [0.3, 0.4) is 0 Å². The second-order valence-electron chi connectivity index (χ2n) is 5.83. The van der Waals surface area contributed by atoms with Gasteiger partial charge in [0, 0.05) is 24.9 Å². The summed E-state index contributed by atoms with van der Waals surface area (Å²) in [6.45, 7) is 1.50. The van der Waals surface area contributed by atoms with Crippen LogP contribution in [-0.4, -0.2) is 47.8 Å². The van der Waals surface area contributed by atoms with Crippen LogP contribution in [0.1, 0.15) is 17.3 Å². The second-order valence-corrected chi connectivity index (χ2v) is 10.3. The fourth-order valence-corrected chi connectivity index (χ4v) is 4.24. The summed E-state index contributed by atoms with van der Waals surface area (Å²) >= 11 is 0. The predicted octanol–water partition coefficient (Wildman–Crippen LogP) is 1.68. The maximum atomic E-state index is 12.8. The number of carbonyl (C=O) groups excluding carboxylic acids is 1. The number of nitrogens with one attached hydrogen (secondary N) is 1. The minimum absolute atomic E-state index is 0.00240. The maximum Gasteiger partial charge on any atom is 0.264 e. The number of hydrogen-bond acceptors (Lipinski definition) is 5. The van der Waals surface area contributed by atoms with Crippen LogP contribution in [-0.2, 0) is 19.9 Å². The predicted molar refractivity (Wildman–Crippen MR) is 105 cm³/mol. The largest absolute Gasteiger partial charge is 0.351 e. The molecule has 0 atom stereocenters. The molecule has 0 unspecified atom stereocenters. The molecule has 0 fully saturated rings. The van der Waals surface area contributed by atoms with Crippen molar-refractivity contribution >= 4 is 31.5 Å². The Kier molecular flexibility index (Phi) is 6.61. The highest BCUT2D eigenvalue weighted by atomic mass is 32.2. The number of para-hydroxylation sites is 1. The van der Waals surface area contributed by atoms with Crippen molar-refractivity contribution < 1.29 is 21.6 Å². The summed E-state index contributed by atoms with van der Waals surface area (Å²) in [5, 5.41) is 2.50. The van der Waals surface area contributed by atoms with Gasteiger partial charge in [0.05, 0.1) is 16.3 Å². The Morgan fingerprint density at radius 1 is 1.00 bits per heavy atom. The quantitative estimate of drug-likeness (QED) is 0.714. The molecule has 146 valence electrons. The van der Waals surface area contributed by atoms with E-state index in [1.165, 1.54) is 38.2 Å². The van der Waals surface area contributed by atoms with Gasteiger partial charge in [0.25, 0.3) is 15.9 Å². The Morgan fingerprint density at radius 2 is 1.67 bits per heavy atom. The molecule has 9 heteroatoms. The average Bonchev–Trinajstić information content (AvgIpc) is 2.68. The number of sulfone groups is 1. The van der Waals surface area contributed by atoms with Crippen molar-refractivity contribution in [3.05, 3.63) is 60.2 Å². The number of hydrogen-bond donors (Lipinski definition) is 1. The van der Waals surface area contributed by atoms with Gasteiger partial charge in [0.2, 0.25) is 0 Å². The fourth-order valence-electron chi connectivity index (χ4n) is 2.30. The average molecular weight is 411 g/mol. The first-order valence-electron chi connectivity index (χ1n) is 8.30. The molecule has 2 aromatic carbocycles. The maximum absolute atomic E-state index is 12.8. The summed E-state index contributed by atoms with van der Waals surface area (Å²) in [5.74, 6) is -0.687. The topological polar surface area (TPSA) is 101 Å². The molecular weight excluding hydrogens is 388 g/mol. The highest BCUT2D eigenvalue weighted by Gasteiger charge is 2.22. The molecule has 0 aliphatic rings. The summed E-state index contributed by atoms with van der Waals surface area (Å²) in [6.07, 6.45) is 0. The number of nitrogens with zero attached hydrogens (tertiary/aromatic N) is 1. The number of anilines is 1. The number of amides is 1. The van der Waals surface area contributed by atoms with Gasteiger partial charge in [-0.05, 0) is 30.3 Å². The molecule has 0 aliphatic heterocycles. The second kappa shape index (κ2) is 8.53. The number of rotatable bonds is 8. The summed E-state index contributed by atoms with van der Waals surface area (Å²) < 4.78 is 49.7. The zero-order valence-electron chi connectivity index (χ0n) is 15.1. The van der Waals surface area contributed by atoms with E-state index < -0.39 is 25.8 Å². The van der Waals surface area contributed by atoms with E-state index in [-0.39, 0.29) is 28.5 Å². The van der Waals surface area contributed by atoms with Crippen LogP contribution in [0, 0.1) is 0 Å². The fraction of sp³-hybridized carbons (Fsp3) is 0.278. The Morgan fingerprint density at radius 3 is 2.30 bits per heavy atom. The van der Waals surface area contributed by atoms with Crippen molar-refractivity contribution in [1.29, 1.82) is 0 Å². The molecule has 0 bridgehead atoms. The first-order chi connectivity index (χ1) is 12.7. The van der Waals surface area contributed by atoms with Crippen LogP contribution in [0.25, 0.3) is 0 Å². The molecule has 2 rings (SSSR count). The highest BCUT2D eigenvalue weighted by Crippen LogP contribution is 2.22. The Hall–Kier alpha value is -2.39. The molecule has 0 saturated heterocycles. The first-order valence-corrected chi connectivity index (χ1v) is 11.6. The van der Waals surface area contributed by atoms with Crippen LogP contribution < -0.4 is 9.62 Å². The Labute approximate surface area is 160 Å². The molecule has 1 amide bonds. The van der Waals surface area contributed by atoms with Gasteiger partial charge < -0.3 is 5.32 Å². The summed E-state index contributed by atoms with van der Waals surface area (Å²) in [5.41, 5.74) is 0.642. The molecule has 0 spiro atoms. The third kappa shape index (κ3) is 5.30.